The molecule has 2 heterocycles. The molecule has 0 bridgehead atoms. The molecular weight excluding hydrogens is 644 g/mol. The third kappa shape index (κ3) is 10.0. The Hall–Kier alpha value is -5.52. The predicted octanol–water partition coefficient (Wildman–Crippen LogP) is 4.03. The number of H-pyrrole nitrogens is 2. The van der Waals surface area contributed by atoms with Gasteiger partial charge >= 0.3 is 12.2 Å². The number of alkyl carbamates (subject to hydrolysis) is 2. The van der Waals surface area contributed by atoms with Gasteiger partial charge in [-0.1, -0.05) is 33.6 Å². The standard InChI is InChI=1S/C35H48N8O7/c1-20(2)28(40-34(46)48-9)32(44)42(7)22(5)30-36-18-25(38-30)12-11-17-50-26-15-13-24(14-16-26)27-19-37-31(39-27)23(6)43(8)33(45)29(21(3)4)41-35(47)49-10/h13-16,18-23,28-29H,17H2,1-10H3,(H,36,38)(H,37,39)(H,40,46)(H,41,47)/t22-,23-,28-,29-/m0/s1. The highest BCUT2D eigenvalue weighted by Gasteiger charge is 2.32. The van der Waals surface area contributed by atoms with Crippen LogP contribution in [0.1, 0.15) is 71.0 Å². The van der Waals surface area contributed by atoms with Gasteiger partial charge in [-0.15, -0.1) is 0 Å². The fourth-order valence-electron chi connectivity index (χ4n) is 4.88. The molecule has 4 amide bonds. The van der Waals surface area contributed by atoms with Crippen molar-refractivity contribution in [2.45, 2.75) is 65.7 Å². The third-order valence-electron chi connectivity index (χ3n) is 8.32. The lowest BCUT2D eigenvalue weighted by molar-refractivity contribution is -0.135. The minimum atomic E-state index is -0.748. The lowest BCUT2D eigenvalue weighted by atomic mass is 10.0. The Kier molecular flexibility index (Phi) is 13.8. The van der Waals surface area contributed by atoms with Gasteiger partial charge in [-0.05, 0) is 61.4 Å². The summed E-state index contributed by atoms with van der Waals surface area (Å²) in [5, 5.41) is 5.20. The van der Waals surface area contributed by atoms with Gasteiger partial charge in [0.25, 0.3) is 0 Å². The zero-order valence-electron chi connectivity index (χ0n) is 30.3. The molecule has 0 fully saturated rings. The van der Waals surface area contributed by atoms with Crippen LogP contribution >= 0.6 is 0 Å². The molecule has 1 aromatic carbocycles. The van der Waals surface area contributed by atoms with E-state index in [4.69, 9.17) is 4.74 Å². The van der Waals surface area contributed by atoms with Crippen LogP contribution in [0.15, 0.2) is 36.7 Å². The topological polar surface area (TPSA) is 184 Å². The number of imidazole rings is 2. The van der Waals surface area contributed by atoms with Gasteiger partial charge in [0, 0.05) is 14.1 Å². The molecule has 15 nitrogen and oxygen atoms in total. The highest BCUT2D eigenvalue weighted by Crippen LogP contribution is 2.25. The Balaban J connectivity index is 1.57. The molecule has 4 atom stereocenters. The van der Waals surface area contributed by atoms with Gasteiger partial charge in [0.05, 0.1) is 44.4 Å². The van der Waals surface area contributed by atoms with Crippen molar-refractivity contribution in [1.82, 2.24) is 40.4 Å². The zero-order chi connectivity index (χ0) is 37.1. The minimum absolute atomic E-state index is 0.130. The molecular formula is C35H48N8O7. The number of ether oxygens (including phenoxy) is 3. The predicted molar refractivity (Wildman–Crippen MR) is 186 cm³/mol. The molecule has 0 saturated carbocycles. The number of methoxy groups -OCH3 is 2. The molecule has 0 radical (unpaired) electrons. The number of nitrogens with zero attached hydrogens (tertiary/aromatic N) is 4. The average molecular weight is 693 g/mol. The Morgan fingerprint density at radius 3 is 1.72 bits per heavy atom. The molecule has 15 heteroatoms. The molecule has 0 aliphatic rings. The average Bonchev–Trinajstić information content (AvgIpc) is 3.80. The van der Waals surface area contributed by atoms with Crippen LogP contribution in [-0.2, 0) is 19.1 Å². The summed E-state index contributed by atoms with van der Waals surface area (Å²) in [7, 11) is 5.83. The maximum Gasteiger partial charge on any atom is 0.407 e. The van der Waals surface area contributed by atoms with Crippen LogP contribution in [0, 0.1) is 23.7 Å². The van der Waals surface area contributed by atoms with E-state index < -0.39 is 30.3 Å². The van der Waals surface area contributed by atoms with Crippen molar-refractivity contribution in [2.75, 3.05) is 34.9 Å². The van der Waals surface area contributed by atoms with Crippen LogP contribution in [0.5, 0.6) is 5.75 Å². The molecule has 50 heavy (non-hydrogen) atoms. The smallest absolute Gasteiger partial charge is 0.407 e. The summed E-state index contributed by atoms with van der Waals surface area (Å²) in [5.41, 5.74) is 2.21. The van der Waals surface area contributed by atoms with Crippen LogP contribution in [-0.4, -0.2) is 101 Å². The number of carbonyl (C=O) groups excluding carboxylic acids is 4. The molecule has 0 spiro atoms. The number of aromatic amines is 2. The van der Waals surface area contributed by atoms with E-state index in [2.05, 4.69) is 51.9 Å². The first kappa shape index (κ1) is 38.9. The van der Waals surface area contributed by atoms with E-state index in [0.29, 0.717) is 23.1 Å². The number of benzene rings is 1. The molecule has 4 N–H and O–H groups in total. The van der Waals surface area contributed by atoms with Crippen molar-refractivity contribution in [2.24, 2.45) is 11.8 Å². The van der Waals surface area contributed by atoms with Crippen molar-refractivity contribution in [3.05, 3.63) is 54.0 Å². The van der Waals surface area contributed by atoms with Crippen molar-refractivity contribution in [3.8, 4) is 28.8 Å². The quantitative estimate of drug-likeness (QED) is 0.192. The number of aromatic nitrogens is 4. The van der Waals surface area contributed by atoms with Gasteiger partial charge in [-0.3, -0.25) is 9.59 Å². The lowest BCUT2D eigenvalue weighted by Gasteiger charge is -2.30. The van der Waals surface area contributed by atoms with Crippen LogP contribution in [0.25, 0.3) is 11.3 Å². The fraction of sp³-hybridized carbons (Fsp3) is 0.486. The first-order valence-corrected chi connectivity index (χ1v) is 16.2. The SMILES string of the molecule is COC(=O)N[C@H](C(=O)N(C)[C@@H](C)c1ncc(C#CCOc2ccc(-c3cnc([C@H](C)N(C)C(=O)[C@@H](NC(=O)OC)C(C)C)[nH]3)cc2)[nH]1)C(C)C. The van der Waals surface area contributed by atoms with Crippen molar-refractivity contribution in [3.63, 3.8) is 0 Å². The molecule has 3 aromatic rings. The maximum absolute atomic E-state index is 13.2. The molecule has 0 unspecified atom stereocenters. The van der Waals surface area contributed by atoms with Crippen molar-refractivity contribution in [1.29, 1.82) is 0 Å². The Morgan fingerprint density at radius 1 is 0.760 bits per heavy atom. The molecule has 270 valence electrons. The first-order chi connectivity index (χ1) is 23.7. The summed E-state index contributed by atoms with van der Waals surface area (Å²) < 4.78 is 15.1. The number of rotatable bonds is 13. The van der Waals surface area contributed by atoms with Crippen LogP contribution in [0.2, 0.25) is 0 Å². The largest absolute Gasteiger partial charge is 0.481 e. The van der Waals surface area contributed by atoms with Gasteiger partial charge in [0.1, 0.15) is 41.8 Å². The van der Waals surface area contributed by atoms with E-state index in [1.807, 2.05) is 65.8 Å². The zero-order valence-corrected chi connectivity index (χ0v) is 30.3. The minimum Gasteiger partial charge on any atom is -0.481 e. The summed E-state index contributed by atoms with van der Waals surface area (Å²) in [6, 6.07) is 5.14. The number of hydrogen-bond donors (Lipinski definition) is 4. The number of hydrogen-bond acceptors (Lipinski definition) is 9. The normalized spacial score (nSPS) is 13.3. The second-order valence-electron chi connectivity index (χ2n) is 12.4. The third-order valence-corrected chi connectivity index (χ3v) is 8.32. The number of likely N-dealkylation sites (N-methyl/N-ethyl adjacent to an activating group) is 2. The Labute approximate surface area is 292 Å². The van der Waals surface area contributed by atoms with E-state index in [1.54, 1.807) is 31.4 Å². The molecule has 3 rings (SSSR count). The monoisotopic (exact) mass is 692 g/mol. The second kappa shape index (κ2) is 17.8. The van der Waals surface area contributed by atoms with Gasteiger partial charge in [0.2, 0.25) is 11.8 Å². The van der Waals surface area contributed by atoms with E-state index >= 15 is 0 Å². The van der Waals surface area contributed by atoms with E-state index in [0.717, 1.165) is 11.3 Å². The van der Waals surface area contributed by atoms with Crippen LogP contribution < -0.4 is 15.4 Å². The molecule has 0 saturated heterocycles. The first-order valence-electron chi connectivity index (χ1n) is 16.2. The van der Waals surface area contributed by atoms with Crippen LogP contribution in [0.4, 0.5) is 9.59 Å². The van der Waals surface area contributed by atoms with Crippen LogP contribution in [0.3, 0.4) is 0 Å². The van der Waals surface area contributed by atoms with E-state index in [9.17, 15) is 19.2 Å². The summed E-state index contributed by atoms with van der Waals surface area (Å²) in [5.74, 6) is 6.90. The summed E-state index contributed by atoms with van der Waals surface area (Å²) in [4.78, 5) is 68.1. The molecule has 0 aliphatic heterocycles. The second-order valence-corrected chi connectivity index (χ2v) is 12.4. The van der Waals surface area contributed by atoms with E-state index in [-0.39, 0.29) is 36.3 Å². The lowest BCUT2D eigenvalue weighted by Crippen LogP contribution is -2.50. The Bertz CT molecular complexity index is 1670. The summed E-state index contributed by atoms with van der Waals surface area (Å²) >= 11 is 0. The van der Waals surface area contributed by atoms with Crippen molar-refractivity contribution < 1.29 is 33.4 Å². The van der Waals surface area contributed by atoms with Gasteiger partial charge in [-0.25, -0.2) is 19.6 Å². The van der Waals surface area contributed by atoms with Gasteiger partial charge in [-0.2, -0.15) is 0 Å². The van der Waals surface area contributed by atoms with E-state index in [1.165, 1.54) is 19.1 Å². The fourth-order valence-corrected chi connectivity index (χ4v) is 4.88. The highest BCUT2D eigenvalue weighted by atomic mass is 16.5. The number of nitrogens with one attached hydrogen (secondary N) is 4. The van der Waals surface area contributed by atoms with Gasteiger partial charge in [0.15, 0.2) is 0 Å². The summed E-state index contributed by atoms with van der Waals surface area (Å²) in [6.07, 6.45) is 1.96. The summed E-state index contributed by atoms with van der Waals surface area (Å²) in [6.45, 7) is 11.2. The maximum atomic E-state index is 13.2. The molecule has 2 aromatic heterocycles. The Morgan fingerprint density at radius 2 is 1.24 bits per heavy atom. The van der Waals surface area contributed by atoms with Gasteiger partial charge < -0.3 is 44.6 Å². The highest BCUT2D eigenvalue weighted by molar-refractivity contribution is 5.86. The number of carbonyl (C=O) groups is 4. The number of amides is 4. The molecule has 0 aliphatic carbocycles. The van der Waals surface area contributed by atoms with Crippen molar-refractivity contribution >= 4 is 24.0 Å².